The molecule has 1 saturated carbocycles. The van der Waals surface area contributed by atoms with E-state index in [1.54, 1.807) is 11.3 Å². The fourth-order valence-corrected chi connectivity index (χ4v) is 2.22. The molecule has 0 aliphatic heterocycles. The fraction of sp³-hybridized carbons (Fsp3) is 0.750. The molecule has 0 bridgehead atoms. The number of nitrogens with zero attached hydrogens (tertiary/aromatic N) is 2. The largest absolute Gasteiger partial charge is 0.322 e. The molecule has 1 atom stereocenters. The Kier molecular flexibility index (Phi) is 2.11. The molecule has 0 saturated heterocycles. The van der Waals surface area contributed by atoms with E-state index in [1.807, 2.05) is 6.92 Å². The average molecular weight is 183 g/mol. The van der Waals surface area contributed by atoms with Crippen molar-refractivity contribution in [3.63, 3.8) is 0 Å². The minimum absolute atomic E-state index is 0.0383. The Morgan fingerprint density at radius 3 is 2.67 bits per heavy atom. The van der Waals surface area contributed by atoms with Gasteiger partial charge in [-0.05, 0) is 19.8 Å². The van der Waals surface area contributed by atoms with E-state index in [2.05, 4.69) is 10.2 Å². The van der Waals surface area contributed by atoms with Crippen LogP contribution in [0, 0.1) is 0 Å². The van der Waals surface area contributed by atoms with Gasteiger partial charge in [0.2, 0.25) is 0 Å². The summed E-state index contributed by atoms with van der Waals surface area (Å²) in [6, 6.07) is 0.0383. The molecule has 1 aromatic heterocycles. The van der Waals surface area contributed by atoms with Gasteiger partial charge in [-0.25, -0.2) is 0 Å². The maximum absolute atomic E-state index is 5.69. The minimum Gasteiger partial charge on any atom is -0.322 e. The second-order valence-corrected chi connectivity index (χ2v) is 4.44. The van der Waals surface area contributed by atoms with Crippen molar-refractivity contribution in [3.05, 3.63) is 10.0 Å². The average Bonchev–Trinajstić information content (AvgIpc) is 2.32. The van der Waals surface area contributed by atoms with Crippen molar-refractivity contribution in [1.82, 2.24) is 10.2 Å². The van der Waals surface area contributed by atoms with E-state index in [1.165, 1.54) is 24.3 Å². The number of hydrogen-bond acceptors (Lipinski definition) is 4. The second-order valence-electron chi connectivity index (χ2n) is 3.40. The summed E-state index contributed by atoms with van der Waals surface area (Å²) in [6.45, 7) is 1.95. The Balaban J connectivity index is 2.12. The van der Waals surface area contributed by atoms with Crippen molar-refractivity contribution in [2.24, 2.45) is 5.73 Å². The van der Waals surface area contributed by atoms with Gasteiger partial charge in [0.15, 0.2) is 0 Å². The molecule has 0 radical (unpaired) electrons. The molecule has 66 valence electrons. The van der Waals surface area contributed by atoms with Crippen LogP contribution in [-0.2, 0) is 0 Å². The predicted molar refractivity (Wildman–Crippen MR) is 49.1 cm³/mol. The molecule has 3 nitrogen and oxygen atoms in total. The van der Waals surface area contributed by atoms with Gasteiger partial charge < -0.3 is 5.73 Å². The van der Waals surface area contributed by atoms with Crippen molar-refractivity contribution >= 4 is 11.3 Å². The molecule has 2 N–H and O–H groups in total. The minimum atomic E-state index is 0.0383. The summed E-state index contributed by atoms with van der Waals surface area (Å²) < 4.78 is 0. The molecule has 1 aromatic rings. The van der Waals surface area contributed by atoms with Gasteiger partial charge in [0.1, 0.15) is 10.0 Å². The summed E-state index contributed by atoms with van der Waals surface area (Å²) in [4.78, 5) is 0. The van der Waals surface area contributed by atoms with E-state index < -0.39 is 0 Å². The zero-order valence-corrected chi connectivity index (χ0v) is 7.97. The summed E-state index contributed by atoms with van der Waals surface area (Å²) in [7, 11) is 0. The first kappa shape index (κ1) is 8.13. The molecule has 12 heavy (non-hydrogen) atoms. The van der Waals surface area contributed by atoms with Gasteiger partial charge in [-0.1, -0.05) is 17.8 Å². The second kappa shape index (κ2) is 3.11. The van der Waals surface area contributed by atoms with E-state index in [0.717, 1.165) is 5.01 Å². The Hall–Kier alpha value is -0.480. The lowest BCUT2D eigenvalue weighted by Crippen LogP contribution is -2.07. The normalized spacial score (nSPS) is 20.5. The maximum atomic E-state index is 5.69. The third-order valence-electron chi connectivity index (χ3n) is 2.30. The first-order valence-electron chi connectivity index (χ1n) is 4.36. The molecule has 1 fully saturated rings. The van der Waals surface area contributed by atoms with E-state index in [4.69, 9.17) is 5.73 Å². The zero-order chi connectivity index (χ0) is 8.55. The van der Waals surface area contributed by atoms with Crippen LogP contribution in [0.15, 0.2) is 0 Å². The topological polar surface area (TPSA) is 51.8 Å². The van der Waals surface area contributed by atoms with Crippen LogP contribution >= 0.6 is 11.3 Å². The molecule has 1 aliphatic carbocycles. The lowest BCUT2D eigenvalue weighted by molar-refractivity contribution is 0.416. The van der Waals surface area contributed by atoms with Gasteiger partial charge >= 0.3 is 0 Å². The Labute approximate surface area is 76.0 Å². The molecular formula is C8H13N3S. The summed E-state index contributed by atoms with van der Waals surface area (Å²) in [5, 5.41) is 10.4. The van der Waals surface area contributed by atoms with Crippen LogP contribution in [-0.4, -0.2) is 10.2 Å². The zero-order valence-electron chi connectivity index (χ0n) is 7.16. The third kappa shape index (κ3) is 1.36. The number of rotatable bonds is 2. The molecule has 1 aliphatic rings. The quantitative estimate of drug-likeness (QED) is 0.761. The van der Waals surface area contributed by atoms with Gasteiger partial charge in [-0.15, -0.1) is 10.2 Å². The van der Waals surface area contributed by atoms with Crippen LogP contribution in [0.25, 0.3) is 0 Å². The summed E-state index contributed by atoms with van der Waals surface area (Å²) in [6.07, 6.45) is 3.92. The Morgan fingerprint density at radius 1 is 1.50 bits per heavy atom. The molecule has 0 spiro atoms. The van der Waals surface area contributed by atoms with Crippen molar-refractivity contribution in [2.75, 3.05) is 0 Å². The first-order valence-corrected chi connectivity index (χ1v) is 5.18. The summed E-state index contributed by atoms with van der Waals surface area (Å²) in [5.41, 5.74) is 5.69. The van der Waals surface area contributed by atoms with Crippen LogP contribution in [0.4, 0.5) is 0 Å². The van der Waals surface area contributed by atoms with Gasteiger partial charge in [-0.3, -0.25) is 0 Å². The highest BCUT2D eigenvalue weighted by atomic mass is 32.1. The van der Waals surface area contributed by atoms with E-state index in [0.29, 0.717) is 5.92 Å². The third-order valence-corrected chi connectivity index (χ3v) is 3.59. The predicted octanol–water partition coefficient (Wildman–Crippen LogP) is 1.83. The maximum Gasteiger partial charge on any atom is 0.133 e. The summed E-state index contributed by atoms with van der Waals surface area (Å²) in [5.74, 6) is 0.690. The molecule has 2 rings (SSSR count). The van der Waals surface area contributed by atoms with Crippen molar-refractivity contribution in [2.45, 2.75) is 38.1 Å². The van der Waals surface area contributed by atoms with Crippen LogP contribution in [0.1, 0.15) is 48.2 Å². The Bertz CT molecular complexity index is 265. The number of aromatic nitrogens is 2. The lowest BCUT2D eigenvalue weighted by atomic mass is 9.86. The SMILES string of the molecule is CC(N)c1nnc(C2CCC2)s1. The van der Waals surface area contributed by atoms with Crippen LogP contribution in [0.2, 0.25) is 0 Å². The summed E-state index contributed by atoms with van der Waals surface area (Å²) >= 11 is 1.68. The van der Waals surface area contributed by atoms with Crippen molar-refractivity contribution in [3.8, 4) is 0 Å². The highest BCUT2D eigenvalue weighted by Gasteiger charge is 2.23. The molecule has 4 heteroatoms. The van der Waals surface area contributed by atoms with Gasteiger partial charge in [0.05, 0.1) is 6.04 Å². The first-order chi connectivity index (χ1) is 5.77. The smallest absolute Gasteiger partial charge is 0.133 e. The number of nitrogens with two attached hydrogens (primary N) is 1. The van der Waals surface area contributed by atoms with E-state index >= 15 is 0 Å². The highest BCUT2D eigenvalue weighted by Crippen LogP contribution is 2.38. The van der Waals surface area contributed by atoms with E-state index in [-0.39, 0.29) is 6.04 Å². The molecule has 0 amide bonds. The number of hydrogen-bond donors (Lipinski definition) is 1. The van der Waals surface area contributed by atoms with Crippen LogP contribution < -0.4 is 5.73 Å². The Morgan fingerprint density at radius 2 is 2.25 bits per heavy atom. The van der Waals surface area contributed by atoms with Crippen molar-refractivity contribution < 1.29 is 0 Å². The lowest BCUT2D eigenvalue weighted by Gasteiger charge is -2.21. The van der Waals surface area contributed by atoms with Gasteiger partial charge in [0, 0.05) is 5.92 Å². The standard InChI is InChI=1S/C8H13N3S/c1-5(9)7-10-11-8(12-7)6-3-2-4-6/h5-6H,2-4,9H2,1H3. The van der Waals surface area contributed by atoms with Crippen molar-refractivity contribution in [1.29, 1.82) is 0 Å². The molecular weight excluding hydrogens is 170 g/mol. The van der Waals surface area contributed by atoms with Crippen LogP contribution in [0.5, 0.6) is 0 Å². The molecule has 0 aromatic carbocycles. The van der Waals surface area contributed by atoms with Gasteiger partial charge in [-0.2, -0.15) is 0 Å². The van der Waals surface area contributed by atoms with E-state index in [9.17, 15) is 0 Å². The molecule has 1 unspecified atom stereocenters. The van der Waals surface area contributed by atoms with Crippen LogP contribution in [0.3, 0.4) is 0 Å². The van der Waals surface area contributed by atoms with Gasteiger partial charge in [0.25, 0.3) is 0 Å². The monoisotopic (exact) mass is 183 g/mol. The molecule has 1 heterocycles. The fourth-order valence-electron chi connectivity index (χ4n) is 1.25. The highest BCUT2D eigenvalue weighted by molar-refractivity contribution is 7.11.